The molecule has 0 aromatic heterocycles. The first-order valence-corrected chi connectivity index (χ1v) is 6.89. The molecule has 2 N–H and O–H groups in total. The first-order chi connectivity index (χ1) is 9.93. The number of aliphatic carboxylic acids is 1. The molecule has 0 aliphatic carbocycles. The molecule has 1 saturated heterocycles. The topological polar surface area (TPSA) is 78.9 Å². The highest BCUT2D eigenvalue weighted by molar-refractivity contribution is 5.93. The van der Waals surface area contributed by atoms with Crippen LogP contribution in [0.3, 0.4) is 0 Å². The molecule has 2 unspecified atom stereocenters. The molecular formula is C15H20N2O4. The summed E-state index contributed by atoms with van der Waals surface area (Å²) in [5.41, 5.74) is 1.52. The Hall–Kier alpha value is -2.24. The Bertz CT molecular complexity index is 559. The highest BCUT2D eigenvalue weighted by atomic mass is 16.5. The fourth-order valence-electron chi connectivity index (χ4n) is 2.64. The van der Waals surface area contributed by atoms with Gasteiger partial charge in [0.25, 0.3) is 0 Å². The van der Waals surface area contributed by atoms with Crippen molar-refractivity contribution < 1.29 is 19.4 Å². The Morgan fingerprint density at radius 2 is 2.14 bits per heavy atom. The van der Waals surface area contributed by atoms with Crippen molar-refractivity contribution in [3.63, 3.8) is 0 Å². The Morgan fingerprint density at radius 3 is 2.71 bits per heavy atom. The first-order valence-electron chi connectivity index (χ1n) is 6.89. The van der Waals surface area contributed by atoms with Gasteiger partial charge in [0.1, 0.15) is 11.8 Å². The molecule has 2 atom stereocenters. The van der Waals surface area contributed by atoms with Crippen LogP contribution in [-0.2, 0) is 4.79 Å². The van der Waals surface area contributed by atoms with Gasteiger partial charge in [-0.15, -0.1) is 0 Å². The summed E-state index contributed by atoms with van der Waals surface area (Å²) >= 11 is 0. The van der Waals surface area contributed by atoms with Gasteiger partial charge in [-0.05, 0) is 43.0 Å². The molecule has 1 fully saturated rings. The molecule has 0 radical (unpaired) electrons. The van der Waals surface area contributed by atoms with E-state index in [1.165, 1.54) is 4.90 Å². The number of aryl methyl sites for hydroxylation is 1. The van der Waals surface area contributed by atoms with E-state index in [0.717, 1.165) is 5.56 Å². The van der Waals surface area contributed by atoms with Crippen LogP contribution in [0, 0.1) is 12.8 Å². The molecule has 21 heavy (non-hydrogen) atoms. The second-order valence-electron chi connectivity index (χ2n) is 5.35. The third-order valence-corrected chi connectivity index (χ3v) is 3.89. The number of rotatable bonds is 3. The molecule has 6 heteroatoms. The molecule has 114 valence electrons. The Labute approximate surface area is 123 Å². The maximum Gasteiger partial charge on any atom is 0.326 e. The monoisotopic (exact) mass is 292 g/mol. The van der Waals surface area contributed by atoms with Crippen molar-refractivity contribution in [2.75, 3.05) is 19.0 Å². The van der Waals surface area contributed by atoms with E-state index in [-0.39, 0.29) is 11.9 Å². The van der Waals surface area contributed by atoms with Gasteiger partial charge >= 0.3 is 12.0 Å². The molecular weight excluding hydrogens is 272 g/mol. The van der Waals surface area contributed by atoms with Crippen molar-refractivity contribution in [2.24, 2.45) is 5.92 Å². The average molecular weight is 292 g/mol. The van der Waals surface area contributed by atoms with Crippen molar-refractivity contribution in [1.29, 1.82) is 0 Å². The van der Waals surface area contributed by atoms with E-state index in [4.69, 9.17) is 4.74 Å². The van der Waals surface area contributed by atoms with Gasteiger partial charge in [-0.25, -0.2) is 9.59 Å². The summed E-state index contributed by atoms with van der Waals surface area (Å²) < 4.78 is 5.12. The van der Waals surface area contributed by atoms with Gasteiger partial charge in [-0.3, -0.25) is 0 Å². The first kappa shape index (κ1) is 15.2. The number of nitrogens with zero attached hydrogens (tertiary/aromatic N) is 1. The average Bonchev–Trinajstić information content (AvgIpc) is 2.83. The summed E-state index contributed by atoms with van der Waals surface area (Å²) in [4.78, 5) is 25.0. The fraction of sp³-hybridized carbons (Fsp3) is 0.467. The zero-order valence-corrected chi connectivity index (χ0v) is 12.4. The number of carboxylic acids is 1. The van der Waals surface area contributed by atoms with Gasteiger partial charge in [0.05, 0.1) is 7.11 Å². The number of carbonyl (C=O) groups excluding carboxylic acids is 1. The summed E-state index contributed by atoms with van der Waals surface area (Å²) in [6.07, 6.45) is 0.700. The van der Waals surface area contributed by atoms with E-state index in [0.29, 0.717) is 24.4 Å². The van der Waals surface area contributed by atoms with Crippen molar-refractivity contribution in [2.45, 2.75) is 26.3 Å². The Balaban J connectivity index is 2.13. The van der Waals surface area contributed by atoms with Crippen molar-refractivity contribution in [3.05, 3.63) is 23.8 Å². The molecule has 1 aliphatic rings. The van der Waals surface area contributed by atoms with E-state index in [9.17, 15) is 14.7 Å². The number of nitrogens with one attached hydrogen (secondary N) is 1. The summed E-state index contributed by atoms with van der Waals surface area (Å²) in [5.74, 6) is -0.282. The van der Waals surface area contributed by atoms with Crippen molar-refractivity contribution >= 4 is 17.7 Å². The van der Waals surface area contributed by atoms with Crippen LogP contribution < -0.4 is 10.1 Å². The minimum absolute atomic E-state index is 0.0368. The molecule has 1 aromatic rings. The van der Waals surface area contributed by atoms with Crippen molar-refractivity contribution in [1.82, 2.24) is 4.90 Å². The van der Waals surface area contributed by atoms with Crippen LogP contribution in [0.15, 0.2) is 18.2 Å². The zero-order valence-electron chi connectivity index (χ0n) is 12.4. The molecule has 1 aromatic carbocycles. The number of likely N-dealkylation sites (tertiary alicyclic amines) is 1. The van der Waals surface area contributed by atoms with Crippen LogP contribution in [-0.4, -0.2) is 41.7 Å². The van der Waals surface area contributed by atoms with Gasteiger partial charge in [-0.1, -0.05) is 6.92 Å². The second-order valence-corrected chi connectivity index (χ2v) is 5.35. The molecule has 0 saturated carbocycles. The predicted octanol–water partition coefficient (Wildman–Crippen LogP) is 2.33. The SMILES string of the molecule is COc1ccc(NC(=O)N2CCC(C)C2C(=O)O)c(C)c1. The minimum Gasteiger partial charge on any atom is -0.497 e. The normalized spacial score (nSPS) is 21.2. The predicted molar refractivity (Wildman–Crippen MR) is 78.7 cm³/mol. The largest absolute Gasteiger partial charge is 0.497 e. The van der Waals surface area contributed by atoms with Crippen molar-refractivity contribution in [3.8, 4) is 5.75 Å². The number of methoxy groups -OCH3 is 1. The maximum atomic E-state index is 12.3. The Morgan fingerprint density at radius 1 is 1.43 bits per heavy atom. The standard InChI is InChI=1S/C15H20N2O4/c1-9-6-7-17(13(9)14(18)19)15(20)16-12-5-4-11(21-3)8-10(12)2/h4-5,8-9,13H,6-7H2,1-3H3,(H,16,20)(H,18,19). The van der Waals surface area contributed by atoms with Crippen LogP contribution >= 0.6 is 0 Å². The lowest BCUT2D eigenvalue weighted by Crippen LogP contribution is -2.44. The minimum atomic E-state index is -0.957. The molecule has 1 aliphatic heterocycles. The second kappa shape index (κ2) is 6.03. The maximum absolute atomic E-state index is 12.3. The van der Waals surface area contributed by atoms with E-state index in [1.807, 2.05) is 19.9 Å². The van der Waals surface area contributed by atoms with Gasteiger partial charge < -0.3 is 20.1 Å². The number of anilines is 1. The molecule has 0 bridgehead atoms. The third-order valence-electron chi connectivity index (χ3n) is 3.89. The van der Waals surface area contributed by atoms with E-state index in [2.05, 4.69) is 5.32 Å². The third kappa shape index (κ3) is 3.09. The number of carboxylic acid groups (broad SMARTS) is 1. The number of ether oxygens (including phenoxy) is 1. The lowest BCUT2D eigenvalue weighted by molar-refractivity contribution is -0.142. The molecule has 2 amide bonds. The molecule has 2 rings (SSSR count). The molecule has 6 nitrogen and oxygen atoms in total. The number of hydrogen-bond acceptors (Lipinski definition) is 3. The van der Waals surface area contributed by atoms with E-state index >= 15 is 0 Å². The smallest absolute Gasteiger partial charge is 0.326 e. The summed E-state index contributed by atoms with van der Waals surface area (Å²) in [5, 5.41) is 12.0. The van der Waals surface area contributed by atoms with Crippen LogP contribution in [0.2, 0.25) is 0 Å². The van der Waals surface area contributed by atoms with E-state index in [1.54, 1.807) is 19.2 Å². The summed E-state index contributed by atoms with van der Waals surface area (Å²) in [6.45, 7) is 4.17. The van der Waals surface area contributed by atoms with E-state index < -0.39 is 12.0 Å². The van der Waals surface area contributed by atoms with Crippen LogP contribution in [0.4, 0.5) is 10.5 Å². The zero-order chi connectivity index (χ0) is 15.6. The van der Waals surface area contributed by atoms with Gasteiger partial charge in [-0.2, -0.15) is 0 Å². The quantitative estimate of drug-likeness (QED) is 0.896. The van der Waals surface area contributed by atoms with Crippen LogP contribution in [0.1, 0.15) is 18.9 Å². The number of urea groups is 1. The molecule has 1 heterocycles. The highest BCUT2D eigenvalue weighted by Gasteiger charge is 2.39. The lowest BCUT2D eigenvalue weighted by atomic mass is 10.0. The summed E-state index contributed by atoms with van der Waals surface area (Å²) in [6, 6.07) is 4.19. The van der Waals surface area contributed by atoms with Gasteiger partial charge in [0, 0.05) is 12.2 Å². The molecule has 0 spiro atoms. The highest BCUT2D eigenvalue weighted by Crippen LogP contribution is 2.26. The van der Waals surface area contributed by atoms with Gasteiger partial charge in [0.2, 0.25) is 0 Å². The summed E-state index contributed by atoms with van der Waals surface area (Å²) in [7, 11) is 1.58. The number of carbonyl (C=O) groups is 2. The Kier molecular flexibility index (Phi) is 4.35. The van der Waals surface area contributed by atoms with Gasteiger partial charge in [0.15, 0.2) is 0 Å². The fourth-order valence-corrected chi connectivity index (χ4v) is 2.64. The van der Waals surface area contributed by atoms with Crippen LogP contribution in [0.25, 0.3) is 0 Å². The lowest BCUT2D eigenvalue weighted by Gasteiger charge is -2.24. The van der Waals surface area contributed by atoms with Crippen LogP contribution in [0.5, 0.6) is 5.75 Å². The number of benzene rings is 1. The number of amides is 2. The number of hydrogen-bond donors (Lipinski definition) is 2.